The highest BCUT2D eigenvalue weighted by Crippen LogP contribution is 2.37. The van der Waals surface area contributed by atoms with Crippen molar-refractivity contribution in [3.63, 3.8) is 0 Å². The number of hydrogen-bond acceptors (Lipinski definition) is 4. The van der Waals surface area contributed by atoms with Crippen LogP contribution in [0.5, 0.6) is 5.75 Å². The fraction of sp³-hybridized carbons (Fsp3) is 0.240. The van der Waals surface area contributed by atoms with Gasteiger partial charge in [-0.1, -0.05) is 48.5 Å². The molecule has 0 N–H and O–H groups in total. The van der Waals surface area contributed by atoms with Crippen molar-refractivity contribution >= 4 is 23.8 Å². The SMILES string of the molecule is CCN1C(=O)N(C(C)=O)C(c2ccccc2)C(C(=O)C=Cc2ccc(OC)cc2)=C1C. The Balaban J connectivity index is 2.08. The zero-order valence-corrected chi connectivity index (χ0v) is 18.2. The summed E-state index contributed by atoms with van der Waals surface area (Å²) >= 11 is 0. The van der Waals surface area contributed by atoms with Crippen LogP contribution in [-0.4, -0.2) is 41.2 Å². The number of rotatable bonds is 6. The zero-order chi connectivity index (χ0) is 22.5. The Hall–Kier alpha value is -3.67. The highest BCUT2D eigenvalue weighted by Gasteiger charge is 2.42. The maximum Gasteiger partial charge on any atom is 0.331 e. The number of carbonyl (C=O) groups is 3. The third-order valence-electron chi connectivity index (χ3n) is 5.34. The molecule has 0 aliphatic carbocycles. The highest BCUT2D eigenvalue weighted by molar-refractivity contribution is 6.10. The summed E-state index contributed by atoms with van der Waals surface area (Å²) in [7, 11) is 1.60. The fourth-order valence-corrected chi connectivity index (χ4v) is 3.79. The molecular weight excluding hydrogens is 392 g/mol. The van der Waals surface area contributed by atoms with E-state index in [4.69, 9.17) is 4.74 Å². The third-order valence-corrected chi connectivity index (χ3v) is 5.34. The van der Waals surface area contributed by atoms with Crippen LogP contribution >= 0.6 is 0 Å². The van der Waals surface area contributed by atoms with Gasteiger partial charge in [-0.05, 0) is 43.2 Å². The van der Waals surface area contributed by atoms with E-state index in [-0.39, 0.29) is 5.78 Å². The van der Waals surface area contributed by atoms with Gasteiger partial charge in [0.05, 0.1) is 13.2 Å². The standard InChI is InChI=1S/C25H26N2O4/c1-5-26-17(2)23(22(29)16-13-19-11-14-21(31-4)15-12-19)24(20-9-7-6-8-10-20)27(18(3)28)25(26)30/h6-16,24H,5H2,1-4H3. The normalized spacial score (nSPS) is 16.8. The summed E-state index contributed by atoms with van der Waals surface area (Å²) in [6, 6.07) is 15.3. The quantitative estimate of drug-likeness (QED) is 0.643. The lowest BCUT2D eigenvalue weighted by Gasteiger charge is -2.41. The molecule has 1 aliphatic heterocycles. The summed E-state index contributed by atoms with van der Waals surface area (Å²) in [5.41, 5.74) is 2.52. The molecule has 0 fully saturated rings. The van der Waals surface area contributed by atoms with Crippen molar-refractivity contribution in [3.8, 4) is 5.75 Å². The van der Waals surface area contributed by atoms with Gasteiger partial charge in [0, 0.05) is 24.7 Å². The summed E-state index contributed by atoms with van der Waals surface area (Å²) < 4.78 is 5.16. The molecule has 1 unspecified atom stereocenters. The van der Waals surface area contributed by atoms with Crippen molar-refractivity contribution in [2.24, 2.45) is 0 Å². The number of ketones is 1. The summed E-state index contributed by atoms with van der Waals surface area (Å²) in [5.74, 6) is 0.0706. The largest absolute Gasteiger partial charge is 0.497 e. The number of benzene rings is 2. The van der Waals surface area contributed by atoms with Crippen LogP contribution in [0.1, 0.15) is 37.9 Å². The van der Waals surface area contributed by atoms with Gasteiger partial charge in [0.2, 0.25) is 5.91 Å². The predicted octanol–water partition coefficient (Wildman–Crippen LogP) is 4.60. The van der Waals surface area contributed by atoms with Gasteiger partial charge in [0.25, 0.3) is 0 Å². The Bertz CT molecular complexity index is 1040. The summed E-state index contributed by atoms with van der Waals surface area (Å²) in [4.78, 5) is 41.6. The second-order valence-corrected chi connectivity index (χ2v) is 7.20. The van der Waals surface area contributed by atoms with Crippen LogP contribution in [-0.2, 0) is 9.59 Å². The number of imide groups is 1. The number of nitrogens with zero attached hydrogens (tertiary/aromatic N) is 2. The van der Waals surface area contributed by atoms with Crippen molar-refractivity contribution in [2.45, 2.75) is 26.8 Å². The number of allylic oxidation sites excluding steroid dienone is 2. The molecule has 6 nitrogen and oxygen atoms in total. The van der Waals surface area contributed by atoms with Crippen LogP contribution in [0.3, 0.4) is 0 Å². The molecule has 3 amide bonds. The van der Waals surface area contributed by atoms with Gasteiger partial charge >= 0.3 is 6.03 Å². The molecule has 160 valence electrons. The average Bonchev–Trinajstić information content (AvgIpc) is 2.78. The molecule has 0 bridgehead atoms. The van der Waals surface area contributed by atoms with E-state index in [0.717, 1.165) is 11.3 Å². The number of ether oxygens (including phenoxy) is 1. The molecule has 0 spiro atoms. The first kappa shape index (κ1) is 22.0. The monoisotopic (exact) mass is 418 g/mol. The molecule has 0 radical (unpaired) electrons. The minimum atomic E-state index is -0.776. The molecule has 0 saturated carbocycles. The molecule has 0 aromatic heterocycles. The topological polar surface area (TPSA) is 66.9 Å². The van der Waals surface area contributed by atoms with E-state index in [0.29, 0.717) is 23.4 Å². The summed E-state index contributed by atoms with van der Waals surface area (Å²) in [5, 5.41) is 0. The zero-order valence-electron chi connectivity index (χ0n) is 18.2. The number of urea groups is 1. The molecule has 31 heavy (non-hydrogen) atoms. The van der Waals surface area contributed by atoms with E-state index >= 15 is 0 Å². The van der Waals surface area contributed by atoms with Crippen molar-refractivity contribution in [3.05, 3.63) is 83.1 Å². The van der Waals surface area contributed by atoms with E-state index in [2.05, 4.69) is 0 Å². The molecule has 3 rings (SSSR count). The van der Waals surface area contributed by atoms with E-state index in [1.807, 2.05) is 61.5 Å². The Kier molecular flexibility index (Phi) is 6.70. The molecule has 1 aliphatic rings. The van der Waals surface area contributed by atoms with Gasteiger partial charge in [0.1, 0.15) is 5.75 Å². The Morgan fingerprint density at radius 3 is 2.26 bits per heavy atom. The Labute approximate surface area is 182 Å². The van der Waals surface area contributed by atoms with Gasteiger partial charge < -0.3 is 4.74 Å². The lowest BCUT2D eigenvalue weighted by Crippen LogP contribution is -2.52. The lowest BCUT2D eigenvalue weighted by molar-refractivity contribution is -0.128. The predicted molar refractivity (Wildman–Crippen MR) is 119 cm³/mol. The van der Waals surface area contributed by atoms with Gasteiger partial charge in [-0.2, -0.15) is 0 Å². The van der Waals surface area contributed by atoms with Crippen LogP contribution in [0.25, 0.3) is 6.08 Å². The first-order valence-corrected chi connectivity index (χ1v) is 10.1. The average molecular weight is 418 g/mol. The molecule has 1 heterocycles. The Morgan fingerprint density at radius 1 is 1.06 bits per heavy atom. The van der Waals surface area contributed by atoms with Crippen molar-refractivity contribution in [1.29, 1.82) is 0 Å². The van der Waals surface area contributed by atoms with Gasteiger partial charge in [0.15, 0.2) is 5.78 Å². The van der Waals surface area contributed by atoms with E-state index < -0.39 is 18.0 Å². The number of amides is 3. The van der Waals surface area contributed by atoms with Crippen molar-refractivity contribution in [2.75, 3.05) is 13.7 Å². The molecular formula is C25H26N2O4. The first-order chi connectivity index (χ1) is 14.9. The number of methoxy groups -OCH3 is 1. The smallest absolute Gasteiger partial charge is 0.331 e. The second-order valence-electron chi connectivity index (χ2n) is 7.20. The molecule has 2 aromatic rings. The number of hydrogen-bond donors (Lipinski definition) is 0. The maximum absolute atomic E-state index is 13.4. The molecule has 2 aromatic carbocycles. The van der Waals surface area contributed by atoms with E-state index in [9.17, 15) is 14.4 Å². The van der Waals surface area contributed by atoms with Crippen LogP contribution in [0.4, 0.5) is 4.79 Å². The third kappa shape index (κ3) is 4.43. The van der Waals surface area contributed by atoms with Crippen LogP contribution in [0.2, 0.25) is 0 Å². The minimum Gasteiger partial charge on any atom is -0.497 e. The van der Waals surface area contributed by atoms with Crippen LogP contribution < -0.4 is 4.74 Å². The molecule has 1 atom stereocenters. The second kappa shape index (κ2) is 9.43. The van der Waals surface area contributed by atoms with Crippen LogP contribution in [0, 0.1) is 0 Å². The van der Waals surface area contributed by atoms with Gasteiger partial charge in [-0.15, -0.1) is 0 Å². The summed E-state index contributed by atoms with van der Waals surface area (Å²) in [6.45, 7) is 5.27. The lowest BCUT2D eigenvalue weighted by atomic mass is 9.90. The minimum absolute atomic E-state index is 0.251. The maximum atomic E-state index is 13.4. The van der Waals surface area contributed by atoms with E-state index in [1.54, 1.807) is 20.1 Å². The van der Waals surface area contributed by atoms with Crippen molar-refractivity contribution in [1.82, 2.24) is 9.80 Å². The molecule has 6 heteroatoms. The highest BCUT2D eigenvalue weighted by atomic mass is 16.5. The van der Waals surface area contributed by atoms with Crippen molar-refractivity contribution < 1.29 is 19.1 Å². The van der Waals surface area contributed by atoms with E-state index in [1.165, 1.54) is 22.8 Å². The van der Waals surface area contributed by atoms with Crippen LogP contribution in [0.15, 0.2) is 71.9 Å². The fourth-order valence-electron chi connectivity index (χ4n) is 3.79. The Morgan fingerprint density at radius 2 is 1.71 bits per heavy atom. The first-order valence-electron chi connectivity index (χ1n) is 10.1. The molecule has 0 saturated heterocycles. The van der Waals surface area contributed by atoms with Gasteiger partial charge in [-0.25, -0.2) is 4.79 Å². The van der Waals surface area contributed by atoms with Gasteiger partial charge in [-0.3, -0.25) is 19.4 Å². The summed E-state index contributed by atoms with van der Waals surface area (Å²) in [6.07, 6.45) is 3.20. The number of carbonyl (C=O) groups excluding carboxylic acids is 3.